The maximum atomic E-state index is 13.4. The predicted molar refractivity (Wildman–Crippen MR) is 120 cm³/mol. The molecule has 164 valence electrons. The molecule has 0 atom stereocenters. The van der Waals surface area contributed by atoms with E-state index in [1.807, 2.05) is 26.0 Å². The second-order valence-electron chi connectivity index (χ2n) is 7.61. The van der Waals surface area contributed by atoms with Gasteiger partial charge in [-0.3, -0.25) is 9.78 Å². The van der Waals surface area contributed by atoms with Gasteiger partial charge in [-0.15, -0.1) is 0 Å². The molecule has 0 radical (unpaired) electrons. The number of carbonyl (C=O) groups excluding carboxylic acids is 1. The number of fused-ring (bicyclic) bond motifs is 1. The molecule has 1 amide bonds. The molecular weight excluding hydrogens is 409 g/mol. The predicted octanol–water partition coefficient (Wildman–Crippen LogP) is 4.34. The first kappa shape index (κ1) is 21.5. The van der Waals surface area contributed by atoms with Gasteiger partial charge in [-0.1, -0.05) is 12.1 Å². The fourth-order valence-electron chi connectivity index (χ4n) is 3.65. The molecule has 4 rings (SSSR count). The molecule has 0 saturated carbocycles. The number of aryl methyl sites for hydroxylation is 2. The summed E-state index contributed by atoms with van der Waals surface area (Å²) in [4.78, 5) is 23.6. The summed E-state index contributed by atoms with van der Waals surface area (Å²) in [6.07, 6.45) is 4.80. The Morgan fingerprint density at radius 3 is 2.88 bits per heavy atom. The third-order valence-corrected chi connectivity index (χ3v) is 5.25. The second kappa shape index (κ2) is 9.18. The minimum atomic E-state index is -0.342. The number of amides is 1. The quantitative estimate of drug-likeness (QED) is 0.573. The van der Waals surface area contributed by atoms with Gasteiger partial charge in [0, 0.05) is 29.9 Å². The number of benzene rings is 2. The minimum Gasteiger partial charge on any atom is -0.493 e. The number of methoxy groups -OCH3 is 1. The third-order valence-electron chi connectivity index (χ3n) is 5.25. The van der Waals surface area contributed by atoms with Crippen LogP contribution in [-0.4, -0.2) is 41.0 Å². The molecule has 0 spiro atoms. The highest BCUT2D eigenvalue weighted by atomic mass is 19.1. The zero-order valence-electron chi connectivity index (χ0n) is 18.3. The number of halogens is 1. The minimum absolute atomic E-state index is 0.179. The summed E-state index contributed by atoms with van der Waals surface area (Å²) in [7, 11) is 1.59. The van der Waals surface area contributed by atoms with Crippen molar-refractivity contribution in [1.29, 1.82) is 0 Å². The Morgan fingerprint density at radius 2 is 2.09 bits per heavy atom. The Balaban J connectivity index is 1.65. The molecule has 0 unspecified atom stereocenters. The van der Waals surface area contributed by atoms with Crippen LogP contribution in [0.1, 0.15) is 22.5 Å². The number of nitrogens with zero attached hydrogens (tertiary/aromatic N) is 3. The van der Waals surface area contributed by atoms with Gasteiger partial charge >= 0.3 is 0 Å². The van der Waals surface area contributed by atoms with Crippen molar-refractivity contribution in [2.75, 3.05) is 20.3 Å². The summed E-state index contributed by atoms with van der Waals surface area (Å²) >= 11 is 0. The molecule has 0 saturated heterocycles. The summed E-state index contributed by atoms with van der Waals surface area (Å²) in [5.41, 5.74) is 4.68. The Bertz CT molecular complexity index is 1190. The van der Waals surface area contributed by atoms with E-state index in [-0.39, 0.29) is 11.7 Å². The molecule has 0 N–H and O–H groups in total. The van der Waals surface area contributed by atoms with Crippen molar-refractivity contribution in [3.05, 3.63) is 77.0 Å². The van der Waals surface area contributed by atoms with Gasteiger partial charge in [0.15, 0.2) is 11.5 Å². The largest absolute Gasteiger partial charge is 0.493 e. The molecule has 1 aromatic heterocycles. The molecule has 2 aromatic carbocycles. The first-order valence-electron chi connectivity index (χ1n) is 10.3. The zero-order valence-corrected chi connectivity index (χ0v) is 18.3. The van der Waals surface area contributed by atoms with Gasteiger partial charge in [0.2, 0.25) is 5.91 Å². The first-order chi connectivity index (χ1) is 15.4. The van der Waals surface area contributed by atoms with Crippen molar-refractivity contribution in [2.45, 2.75) is 20.4 Å². The van der Waals surface area contributed by atoms with Crippen molar-refractivity contribution in [3.8, 4) is 22.8 Å². The molecule has 1 aliphatic heterocycles. The van der Waals surface area contributed by atoms with Crippen LogP contribution in [0, 0.1) is 19.7 Å². The smallest absolute Gasteiger partial charge is 0.246 e. The van der Waals surface area contributed by atoms with Crippen LogP contribution in [0.3, 0.4) is 0 Å². The molecule has 0 fully saturated rings. The molecule has 2 heterocycles. The Hall–Kier alpha value is -3.74. The van der Waals surface area contributed by atoms with Gasteiger partial charge in [-0.2, -0.15) is 0 Å². The van der Waals surface area contributed by atoms with Gasteiger partial charge < -0.3 is 14.4 Å². The zero-order chi connectivity index (χ0) is 22.7. The van der Waals surface area contributed by atoms with Crippen LogP contribution >= 0.6 is 0 Å². The SMILES string of the molecule is COc1cc(-c2nc(C)cnc2C)cc2c1OCCN(C(=O)/C=C/c1cccc(F)c1)C2. The van der Waals surface area contributed by atoms with Crippen LogP contribution in [0.25, 0.3) is 17.3 Å². The van der Waals surface area contributed by atoms with Crippen molar-refractivity contribution in [2.24, 2.45) is 0 Å². The lowest BCUT2D eigenvalue weighted by molar-refractivity contribution is -0.126. The summed E-state index contributed by atoms with van der Waals surface area (Å²) < 4.78 is 24.9. The monoisotopic (exact) mass is 433 g/mol. The molecule has 0 aliphatic carbocycles. The molecule has 0 bridgehead atoms. The summed E-state index contributed by atoms with van der Waals surface area (Å²) in [6, 6.07) is 9.96. The first-order valence-corrected chi connectivity index (χ1v) is 10.3. The van der Waals surface area contributed by atoms with E-state index in [1.165, 1.54) is 18.2 Å². The van der Waals surface area contributed by atoms with E-state index < -0.39 is 0 Å². The third kappa shape index (κ3) is 4.61. The second-order valence-corrected chi connectivity index (χ2v) is 7.61. The van der Waals surface area contributed by atoms with Crippen LogP contribution in [0.15, 0.2) is 48.7 Å². The average molecular weight is 433 g/mol. The summed E-state index contributed by atoms with van der Waals surface area (Å²) in [5, 5.41) is 0. The van der Waals surface area contributed by atoms with E-state index in [0.717, 1.165) is 28.2 Å². The van der Waals surface area contributed by atoms with Crippen molar-refractivity contribution in [3.63, 3.8) is 0 Å². The Kier molecular flexibility index (Phi) is 6.16. The fraction of sp³-hybridized carbons (Fsp3) is 0.240. The van der Waals surface area contributed by atoms with E-state index in [2.05, 4.69) is 9.97 Å². The molecule has 1 aliphatic rings. The topological polar surface area (TPSA) is 64.6 Å². The number of carbonyl (C=O) groups is 1. The lowest BCUT2D eigenvalue weighted by Gasteiger charge is -2.19. The Labute approximate surface area is 186 Å². The van der Waals surface area contributed by atoms with Gasteiger partial charge in [0.05, 0.1) is 30.7 Å². The fourth-order valence-corrected chi connectivity index (χ4v) is 3.65. The summed E-state index contributed by atoms with van der Waals surface area (Å²) in [5.74, 6) is 0.691. The van der Waals surface area contributed by atoms with E-state index >= 15 is 0 Å². The molecule has 7 heteroatoms. The number of hydrogen-bond donors (Lipinski definition) is 0. The maximum absolute atomic E-state index is 13.4. The number of hydrogen-bond acceptors (Lipinski definition) is 5. The van der Waals surface area contributed by atoms with Crippen molar-refractivity contribution in [1.82, 2.24) is 14.9 Å². The Morgan fingerprint density at radius 1 is 1.25 bits per heavy atom. The normalized spacial score (nSPS) is 13.4. The van der Waals surface area contributed by atoms with Crippen molar-refractivity contribution < 1.29 is 18.7 Å². The van der Waals surface area contributed by atoms with Crippen LogP contribution in [0.5, 0.6) is 11.5 Å². The highest BCUT2D eigenvalue weighted by Crippen LogP contribution is 2.38. The van der Waals surface area contributed by atoms with Gasteiger partial charge in [-0.25, -0.2) is 9.37 Å². The molecule has 6 nitrogen and oxygen atoms in total. The van der Waals surface area contributed by atoms with Crippen LogP contribution in [0.2, 0.25) is 0 Å². The molecule has 3 aromatic rings. The van der Waals surface area contributed by atoms with Crippen LogP contribution in [0.4, 0.5) is 4.39 Å². The lowest BCUT2D eigenvalue weighted by atomic mass is 10.0. The van der Waals surface area contributed by atoms with Crippen LogP contribution < -0.4 is 9.47 Å². The number of rotatable bonds is 4. The van der Waals surface area contributed by atoms with E-state index in [9.17, 15) is 9.18 Å². The van der Waals surface area contributed by atoms with E-state index in [4.69, 9.17) is 9.47 Å². The maximum Gasteiger partial charge on any atom is 0.246 e. The molecular formula is C25H24FN3O3. The van der Waals surface area contributed by atoms with E-state index in [1.54, 1.807) is 36.4 Å². The van der Waals surface area contributed by atoms with E-state index in [0.29, 0.717) is 36.8 Å². The standard InChI is InChI=1S/C25H24FN3O3/c1-16-14-27-17(2)24(28-16)19-12-20-15-29(9-10-32-25(20)22(13-19)31-3)23(30)8-7-18-5-4-6-21(26)11-18/h4-8,11-14H,9-10,15H2,1-3H3/b8-7+. The van der Waals surface area contributed by atoms with Gasteiger partial charge in [-0.05, 0) is 49.8 Å². The lowest BCUT2D eigenvalue weighted by Crippen LogP contribution is -2.30. The average Bonchev–Trinajstić information content (AvgIpc) is 3.01. The number of aromatic nitrogens is 2. The van der Waals surface area contributed by atoms with Gasteiger partial charge in [0.25, 0.3) is 0 Å². The molecule has 32 heavy (non-hydrogen) atoms. The highest BCUT2D eigenvalue weighted by molar-refractivity contribution is 5.92. The van der Waals surface area contributed by atoms with Crippen LogP contribution in [-0.2, 0) is 11.3 Å². The van der Waals surface area contributed by atoms with Gasteiger partial charge in [0.1, 0.15) is 12.4 Å². The highest BCUT2D eigenvalue weighted by Gasteiger charge is 2.23. The van der Waals surface area contributed by atoms with Crippen molar-refractivity contribution >= 4 is 12.0 Å². The number of ether oxygens (including phenoxy) is 2. The summed E-state index contributed by atoms with van der Waals surface area (Å²) in [6.45, 7) is 4.91.